The maximum atomic E-state index is 13.8. The van der Waals surface area contributed by atoms with E-state index in [4.69, 9.17) is 16.8 Å². The Morgan fingerprint density at radius 1 is 1.12 bits per heavy atom. The van der Waals surface area contributed by atoms with Crippen LogP contribution in [-0.2, 0) is 0 Å². The molecule has 1 saturated carbocycles. The van der Waals surface area contributed by atoms with Crippen LogP contribution in [0.1, 0.15) is 36.8 Å². The fourth-order valence-corrected chi connectivity index (χ4v) is 3.33. The standard InChI is InChI=1S/C20H21FN4/c21-19-11-16(9-10-17(19)12-22)14-5-7-15(8-6-14)20(13-23)25(24)18-3-1-2-4-18/h5-11,13,18H,1-4,23-24H2/b20-13-. The van der Waals surface area contributed by atoms with E-state index < -0.39 is 5.82 Å². The predicted octanol–water partition coefficient (Wildman–Crippen LogP) is 3.74. The molecule has 0 unspecified atom stereocenters. The van der Waals surface area contributed by atoms with Gasteiger partial charge in [0.15, 0.2) is 0 Å². The summed E-state index contributed by atoms with van der Waals surface area (Å²) in [5.74, 6) is 5.76. The van der Waals surface area contributed by atoms with Crippen molar-refractivity contribution >= 4 is 5.70 Å². The van der Waals surface area contributed by atoms with E-state index in [0.29, 0.717) is 6.04 Å². The first-order valence-electron chi connectivity index (χ1n) is 8.40. The number of nitrogens with zero attached hydrogens (tertiary/aromatic N) is 2. The summed E-state index contributed by atoms with van der Waals surface area (Å²) in [5, 5.41) is 10.6. The second-order valence-corrected chi connectivity index (χ2v) is 6.28. The van der Waals surface area contributed by atoms with E-state index in [1.807, 2.05) is 30.3 Å². The Balaban J connectivity index is 1.84. The molecule has 0 atom stereocenters. The molecule has 0 radical (unpaired) electrons. The smallest absolute Gasteiger partial charge is 0.141 e. The first kappa shape index (κ1) is 17.0. The van der Waals surface area contributed by atoms with E-state index in [1.165, 1.54) is 31.2 Å². The summed E-state index contributed by atoms with van der Waals surface area (Å²) in [6.07, 6.45) is 6.08. The zero-order chi connectivity index (χ0) is 17.8. The molecule has 5 heteroatoms. The van der Waals surface area contributed by atoms with Crippen molar-refractivity contribution in [1.29, 1.82) is 5.26 Å². The molecule has 1 fully saturated rings. The Kier molecular flexibility index (Phi) is 5.01. The molecule has 0 spiro atoms. The van der Waals surface area contributed by atoms with Crippen molar-refractivity contribution in [2.45, 2.75) is 31.7 Å². The van der Waals surface area contributed by atoms with Gasteiger partial charge in [-0.05, 0) is 36.1 Å². The van der Waals surface area contributed by atoms with Gasteiger partial charge in [0.05, 0.1) is 11.3 Å². The number of hydrogen-bond donors (Lipinski definition) is 2. The summed E-state index contributed by atoms with van der Waals surface area (Å²) in [6, 6.07) is 14.4. The van der Waals surface area contributed by atoms with Gasteiger partial charge in [-0.25, -0.2) is 10.2 Å². The number of benzene rings is 2. The fourth-order valence-electron chi connectivity index (χ4n) is 3.33. The van der Waals surface area contributed by atoms with Gasteiger partial charge in [-0.2, -0.15) is 5.26 Å². The second-order valence-electron chi connectivity index (χ2n) is 6.28. The zero-order valence-electron chi connectivity index (χ0n) is 14.0. The first-order valence-corrected chi connectivity index (χ1v) is 8.40. The van der Waals surface area contributed by atoms with Crippen LogP contribution in [0.3, 0.4) is 0 Å². The molecule has 3 rings (SSSR count). The van der Waals surface area contributed by atoms with E-state index in [1.54, 1.807) is 11.1 Å². The van der Waals surface area contributed by atoms with Crippen molar-refractivity contribution in [2.24, 2.45) is 11.6 Å². The van der Waals surface area contributed by atoms with Crippen LogP contribution in [0.2, 0.25) is 0 Å². The van der Waals surface area contributed by atoms with Gasteiger partial charge < -0.3 is 10.7 Å². The Labute approximate surface area is 147 Å². The van der Waals surface area contributed by atoms with Crippen LogP contribution < -0.4 is 11.6 Å². The maximum absolute atomic E-state index is 13.8. The van der Waals surface area contributed by atoms with Crippen molar-refractivity contribution in [1.82, 2.24) is 5.01 Å². The quantitative estimate of drug-likeness (QED) is 0.658. The molecule has 4 N–H and O–H groups in total. The van der Waals surface area contributed by atoms with E-state index >= 15 is 0 Å². The summed E-state index contributed by atoms with van der Waals surface area (Å²) in [7, 11) is 0. The van der Waals surface area contributed by atoms with E-state index in [9.17, 15) is 4.39 Å². The molecule has 0 heterocycles. The third kappa shape index (κ3) is 3.49. The van der Waals surface area contributed by atoms with Gasteiger partial charge in [0, 0.05) is 17.8 Å². The third-order valence-electron chi connectivity index (χ3n) is 4.76. The van der Waals surface area contributed by atoms with Crippen LogP contribution in [0.5, 0.6) is 0 Å². The van der Waals surface area contributed by atoms with Crippen LogP contribution in [0.15, 0.2) is 48.7 Å². The molecule has 0 aliphatic heterocycles. The van der Waals surface area contributed by atoms with Gasteiger partial charge in [0.25, 0.3) is 0 Å². The molecule has 0 amide bonds. The van der Waals surface area contributed by atoms with Crippen molar-refractivity contribution in [3.8, 4) is 17.2 Å². The minimum absolute atomic E-state index is 0.0454. The van der Waals surface area contributed by atoms with Crippen LogP contribution >= 0.6 is 0 Å². The highest BCUT2D eigenvalue weighted by Gasteiger charge is 2.22. The number of halogens is 1. The molecule has 25 heavy (non-hydrogen) atoms. The summed E-state index contributed by atoms with van der Waals surface area (Å²) >= 11 is 0. The van der Waals surface area contributed by atoms with E-state index in [0.717, 1.165) is 35.2 Å². The van der Waals surface area contributed by atoms with Gasteiger partial charge in [-0.1, -0.05) is 43.2 Å². The number of hydrogen-bond acceptors (Lipinski definition) is 4. The Morgan fingerprint density at radius 3 is 2.32 bits per heavy atom. The molecule has 2 aromatic carbocycles. The number of nitrogens with two attached hydrogens (primary N) is 2. The van der Waals surface area contributed by atoms with Crippen LogP contribution in [0.4, 0.5) is 4.39 Å². The minimum Gasteiger partial charge on any atom is -0.403 e. The molecule has 1 aliphatic rings. The monoisotopic (exact) mass is 336 g/mol. The molecule has 1 aliphatic carbocycles. The Bertz CT molecular complexity index is 815. The van der Waals surface area contributed by atoms with E-state index in [2.05, 4.69) is 0 Å². The molecule has 0 aromatic heterocycles. The summed E-state index contributed by atoms with van der Waals surface area (Å²) in [5.41, 5.74) is 9.17. The number of hydrazine groups is 1. The van der Waals surface area contributed by atoms with Gasteiger partial charge in [0.1, 0.15) is 11.9 Å². The SMILES string of the molecule is N#Cc1ccc(-c2ccc(/C(=C/N)N(N)C3CCCC3)cc2)cc1F. The fraction of sp³-hybridized carbons (Fsp3) is 0.250. The summed E-state index contributed by atoms with van der Waals surface area (Å²) < 4.78 is 13.8. The average Bonchev–Trinajstić information content (AvgIpc) is 3.17. The number of nitriles is 1. The molecule has 0 bridgehead atoms. The molecule has 128 valence electrons. The van der Waals surface area contributed by atoms with Gasteiger partial charge in [0.2, 0.25) is 0 Å². The van der Waals surface area contributed by atoms with Crippen molar-refractivity contribution in [3.05, 3.63) is 65.6 Å². The predicted molar refractivity (Wildman–Crippen MR) is 97.0 cm³/mol. The largest absolute Gasteiger partial charge is 0.403 e. The van der Waals surface area contributed by atoms with Crippen LogP contribution in [-0.4, -0.2) is 11.1 Å². The third-order valence-corrected chi connectivity index (χ3v) is 4.76. The molecular formula is C20H21FN4. The second kappa shape index (κ2) is 7.37. The molecule has 2 aromatic rings. The lowest BCUT2D eigenvalue weighted by Crippen LogP contribution is -2.38. The van der Waals surface area contributed by atoms with Crippen molar-refractivity contribution in [2.75, 3.05) is 0 Å². The lowest BCUT2D eigenvalue weighted by molar-refractivity contribution is 0.306. The molecule has 0 saturated heterocycles. The summed E-state index contributed by atoms with van der Waals surface area (Å²) in [6.45, 7) is 0. The lowest BCUT2D eigenvalue weighted by Gasteiger charge is -2.28. The molecular weight excluding hydrogens is 315 g/mol. The van der Waals surface area contributed by atoms with Gasteiger partial charge in [-0.15, -0.1) is 0 Å². The van der Waals surface area contributed by atoms with Crippen LogP contribution in [0.25, 0.3) is 16.8 Å². The highest BCUT2D eigenvalue weighted by atomic mass is 19.1. The van der Waals surface area contributed by atoms with E-state index in [-0.39, 0.29) is 5.56 Å². The summed E-state index contributed by atoms with van der Waals surface area (Å²) in [4.78, 5) is 0. The highest BCUT2D eigenvalue weighted by Crippen LogP contribution is 2.29. The Morgan fingerprint density at radius 2 is 1.76 bits per heavy atom. The Hall–Kier alpha value is -2.84. The zero-order valence-corrected chi connectivity index (χ0v) is 14.0. The van der Waals surface area contributed by atoms with Crippen LogP contribution in [0, 0.1) is 17.1 Å². The normalized spacial score (nSPS) is 15.2. The minimum atomic E-state index is -0.513. The first-order chi connectivity index (χ1) is 12.1. The number of rotatable bonds is 4. The van der Waals surface area contributed by atoms with Crippen molar-refractivity contribution in [3.63, 3.8) is 0 Å². The highest BCUT2D eigenvalue weighted by molar-refractivity contribution is 5.70. The maximum Gasteiger partial charge on any atom is 0.141 e. The molecule has 4 nitrogen and oxygen atoms in total. The topological polar surface area (TPSA) is 79.1 Å². The van der Waals surface area contributed by atoms with Crippen molar-refractivity contribution < 1.29 is 4.39 Å². The van der Waals surface area contributed by atoms with Gasteiger partial charge in [-0.3, -0.25) is 0 Å². The van der Waals surface area contributed by atoms with Gasteiger partial charge >= 0.3 is 0 Å². The lowest BCUT2D eigenvalue weighted by atomic mass is 10.0. The average molecular weight is 336 g/mol.